The molecule has 0 amide bonds. The summed E-state index contributed by atoms with van der Waals surface area (Å²) in [6, 6.07) is 8.61. The van der Waals surface area contributed by atoms with E-state index < -0.39 is 0 Å². The molecule has 3 aromatic rings. The number of imidazole rings is 1. The predicted octanol–water partition coefficient (Wildman–Crippen LogP) is 2.61. The van der Waals surface area contributed by atoms with Gasteiger partial charge in [-0.2, -0.15) is 0 Å². The number of aromatic nitrogens is 3. The predicted molar refractivity (Wildman–Crippen MR) is 80.6 cm³/mol. The maximum absolute atomic E-state index is 6.14. The van der Waals surface area contributed by atoms with E-state index in [2.05, 4.69) is 40.9 Å². The zero-order valence-electron chi connectivity index (χ0n) is 11.6. The Balaban J connectivity index is 1.95. The number of fused-ring (bicyclic) bond motifs is 2. The third kappa shape index (κ3) is 1.61. The molecule has 4 nitrogen and oxygen atoms in total. The molecule has 1 aromatic carbocycles. The Bertz CT molecular complexity index is 781. The summed E-state index contributed by atoms with van der Waals surface area (Å²) in [5.41, 5.74) is 10.9. The first-order valence-electron chi connectivity index (χ1n) is 7.12. The van der Waals surface area contributed by atoms with Crippen LogP contribution in [0.3, 0.4) is 0 Å². The molecule has 2 aromatic heterocycles. The lowest BCUT2D eigenvalue weighted by Gasteiger charge is -2.22. The van der Waals surface area contributed by atoms with Crippen LogP contribution in [0.25, 0.3) is 22.2 Å². The van der Waals surface area contributed by atoms with Crippen molar-refractivity contribution in [3.63, 3.8) is 0 Å². The van der Waals surface area contributed by atoms with Gasteiger partial charge >= 0.3 is 0 Å². The van der Waals surface area contributed by atoms with Gasteiger partial charge in [0.15, 0.2) is 0 Å². The van der Waals surface area contributed by atoms with Crippen LogP contribution in [0.2, 0.25) is 0 Å². The second kappa shape index (κ2) is 4.21. The van der Waals surface area contributed by atoms with Crippen molar-refractivity contribution in [2.45, 2.75) is 32.4 Å². The Labute approximate surface area is 117 Å². The van der Waals surface area contributed by atoms with Crippen molar-refractivity contribution < 1.29 is 0 Å². The van der Waals surface area contributed by atoms with Crippen LogP contribution in [0.4, 0.5) is 0 Å². The first-order valence-corrected chi connectivity index (χ1v) is 7.12. The van der Waals surface area contributed by atoms with Crippen LogP contribution in [-0.4, -0.2) is 20.6 Å². The SMILES string of the molecule is Cc1nc(-c2c[nH]c3ccccc23)c2n1CCC(N)C2. The number of H-pyrrole nitrogens is 1. The second-order valence-electron chi connectivity index (χ2n) is 5.61. The molecule has 0 spiro atoms. The Morgan fingerprint density at radius 2 is 2.20 bits per heavy atom. The first kappa shape index (κ1) is 11.7. The van der Waals surface area contributed by atoms with Gasteiger partial charge < -0.3 is 15.3 Å². The molecule has 1 aliphatic rings. The van der Waals surface area contributed by atoms with Gasteiger partial charge in [0, 0.05) is 47.4 Å². The molecule has 0 radical (unpaired) electrons. The second-order valence-corrected chi connectivity index (χ2v) is 5.61. The van der Waals surface area contributed by atoms with E-state index in [1.54, 1.807) is 0 Å². The van der Waals surface area contributed by atoms with E-state index in [1.165, 1.54) is 16.6 Å². The van der Waals surface area contributed by atoms with Crippen molar-refractivity contribution in [3.8, 4) is 11.3 Å². The number of nitrogens with one attached hydrogen (secondary N) is 1. The van der Waals surface area contributed by atoms with Gasteiger partial charge in [-0.3, -0.25) is 0 Å². The molecule has 0 saturated carbocycles. The molecule has 3 heterocycles. The Morgan fingerprint density at radius 3 is 3.10 bits per heavy atom. The molecule has 102 valence electrons. The van der Waals surface area contributed by atoms with Gasteiger partial charge in [-0.25, -0.2) is 4.98 Å². The molecule has 0 aliphatic carbocycles. The molecule has 4 rings (SSSR count). The Hall–Kier alpha value is -2.07. The fraction of sp³-hybridized carbons (Fsp3) is 0.312. The summed E-state index contributed by atoms with van der Waals surface area (Å²) >= 11 is 0. The summed E-state index contributed by atoms with van der Waals surface area (Å²) in [6.07, 6.45) is 4.01. The monoisotopic (exact) mass is 266 g/mol. The normalized spacial score (nSPS) is 18.4. The minimum atomic E-state index is 0.252. The maximum Gasteiger partial charge on any atom is 0.106 e. The molecule has 1 aliphatic heterocycles. The number of aromatic amines is 1. The number of aryl methyl sites for hydroxylation is 1. The van der Waals surface area contributed by atoms with E-state index in [9.17, 15) is 0 Å². The highest BCUT2D eigenvalue weighted by Gasteiger charge is 2.24. The van der Waals surface area contributed by atoms with Gasteiger partial charge in [-0.15, -0.1) is 0 Å². The third-order valence-electron chi connectivity index (χ3n) is 4.29. The Kier molecular flexibility index (Phi) is 2.47. The van der Waals surface area contributed by atoms with E-state index in [0.29, 0.717) is 0 Å². The fourth-order valence-corrected chi connectivity index (χ4v) is 3.24. The highest BCUT2D eigenvalue weighted by Crippen LogP contribution is 2.33. The zero-order valence-corrected chi connectivity index (χ0v) is 11.6. The van der Waals surface area contributed by atoms with Crippen LogP contribution >= 0.6 is 0 Å². The lowest BCUT2D eigenvalue weighted by molar-refractivity contribution is 0.466. The van der Waals surface area contributed by atoms with Crippen LogP contribution in [0.5, 0.6) is 0 Å². The molecule has 1 atom stereocenters. The standard InChI is InChI=1S/C16H18N4/c1-10-19-16(15-8-11(17)6-7-20(10)15)13-9-18-14-5-3-2-4-12(13)14/h2-5,9,11,18H,6-8,17H2,1H3. The van der Waals surface area contributed by atoms with E-state index in [-0.39, 0.29) is 6.04 Å². The zero-order chi connectivity index (χ0) is 13.7. The van der Waals surface area contributed by atoms with Crippen LogP contribution < -0.4 is 5.73 Å². The van der Waals surface area contributed by atoms with Crippen molar-refractivity contribution in [2.75, 3.05) is 0 Å². The smallest absolute Gasteiger partial charge is 0.106 e. The van der Waals surface area contributed by atoms with Crippen molar-refractivity contribution >= 4 is 10.9 Å². The fourth-order valence-electron chi connectivity index (χ4n) is 3.24. The lowest BCUT2D eigenvalue weighted by Crippen LogP contribution is -2.31. The largest absolute Gasteiger partial charge is 0.360 e. The lowest BCUT2D eigenvalue weighted by atomic mass is 10.0. The number of hydrogen-bond donors (Lipinski definition) is 2. The van der Waals surface area contributed by atoms with Crippen LogP contribution in [0, 0.1) is 6.92 Å². The molecule has 0 fully saturated rings. The van der Waals surface area contributed by atoms with Crippen molar-refractivity contribution in [1.82, 2.24) is 14.5 Å². The van der Waals surface area contributed by atoms with Gasteiger partial charge in [0.05, 0.1) is 5.69 Å². The van der Waals surface area contributed by atoms with Crippen molar-refractivity contribution in [1.29, 1.82) is 0 Å². The number of rotatable bonds is 1. The minimum Gasteiger partial charge on any atom is -0.360 e. The number of hydrogen-bond acceptors (Lipinski definition) is 2. The summed E-state index contributed by atoms with van der Waals surface area (Å²) in [5.74, 6) is 1.09. The van der Waals surface area contributed by atoms with Gasteiger partial charge in [0.2, 0.25) is 0 Å². The average Bonchev–Trinajstić information content (AvgIpc) is 3.00. The molecular weight excluding hydrogens is 248 g/mol. The average molecular weight is 266 g/mol. The van der Waals surface area contributed by atoms with Crippen LogP contribution in [0.15, 0.2) is 30.5 Å². The highest BCUT2D eigenvalue weighted by molar-refractivity contribution is 5.95. The number of benzene rings is 1. The topological polar surface area (TPSA) is 59.6 Å². The van der Waals surface area contributed by atoms with Gasteiger partial charge in [0.1, 0.15) is 5.82 Å². The van der Waals surface area contributed by atoms with Crippen LogP contribution in [0.1, 0.15) is 17.9 Å². The molecule has 0 bridgehead atoms. The van der Waals surface area contributed by atoms with Crippen LogP contribution in [-0.2, 0) is 13.0 Å². The van der Waals surface area contributed by atoms with Gasteiger partial charge in [0.25, 0.3) is 0 Å². The van der Waals surface area contributed by atoms with Crippen molar-refractivity contribution in [3.05, 3.63) is 42.0 Å². The number of nitrogens with zero attached hydrogens (tertiary/aromatic N) is 2. The number of para-hydroxylation sites is 1. The molecule has 3 N–H and O–H groups in total. The molecule has 0 saturated heterocycles. The molecule has 1 unspecified atom stereocenters. The van der Waals surface area contributed by atoms with E-state index in [4.69, 9.17) is 10.7 Å². The Morgan fingerprint density at radius 1 is 1.35 bits per heavy atom. The van der Waals surface area contributed by atoms with Gasteiger partial charge in [-0.05, 0) is 19.4 Å². The summed E-state index contributed by atoms with van der Waals surface area (Å²) in [5, 5.41) is 1.23. The molecule has 4 heteroatoms. The first-order chi connectivity index (χ1) is 9.74. The van der Waals surface area contributed by atoms with E-state index in [0.717, 1.165) is 36.4 Å². The minimum absolute atomic E-state index is 0.252. The third-order valence-corrected chi connectivity index (χ3v) is 4.29. The number of nitrogens with two attached hydrogens (primary N) is 1. The van der Waals surface area contributed by atoms with Crippen molar-refractivity contribution in [2.24, 2.45) is 5.73 Å². The summed E-state index contributed by atoms with van der Waals surface area (Å²) in [4.78, 5) is 8.14. The van der Waals surface area contributed by atoms with E-state index in [1.807, 2.05) is 6.07 Å². The van der Waals surface area contributed by atoms with E-state index >= 15 is 0 Å². The molecule has 20 heavy (non-hydrogen) atoms. The quantitative estimate of drug-likeness (QED) is 0.711. The van der Waals surface area contributed by atoms with Gasteiger partial charge in [-0.1, -0.05) is 18.2 Å². The summed E-state index contributed by atoms with van der Waals surface area (Å²) in [6.45, 7) is 3.07. The molecular formula is C16H18N4. The summed E-state index contributed by atoms with van der Waals surface area (Å²) in [7, 11) is 0. The maximum atomic E-state index is 6.14. The highest BCUT2D eigenvalue weighted by atomic mass is 15.1. The summed E-state index contributed by atoms with van der Waals surface area (Å²) < 4.78 is 2.32.